The lowest BCUT2D eigenvalue weighted by Crippen LogP contribution is -2.35. The van der Waals surface area contributed by atoms with Gasteiger partial charge in [0, 0.05) is 26.3 Å². The second-order valence-electron chi connectivity index (χ2n) is 4.74. The number of anilines is 1. The molecule has 1 heterocycles. The van der Waals surface area contributed by atoms with Crippen LogP contribution >= 0.6 is 0 Å². The van der Waals surface area contributed by atoms with Crippen LogP contribution in [0, 0.1) is 5.92 Å². The molecule has 0 spiro atoms. The molecule has 1 aromatic heterocycles. The van der Waals surface area contributed by atoms with Crippen LogP contribution in [-0.2, 0) is 10.0 Å². The minimum Gasteiger partial charge on any atom is -0.386 e. The Hall–Kier alpha value is -1.14. The third-order valence-corrected chi connectivity index (χ3v) is 5.50. The van der Waals surface area contributed by atoms with Crippen LogP contribution < -0.4 is 5.32 Å². The first-order valence-electron chi connectivity index (χ1n) is 7.14. The van der Waals surface area contributed by atoms with E-state index in [4.69, 9.17) is 0 Å². The average molecular weight is 299 g/mol. The molecule has 0 saturated heterocycles. The molecule has 0 atom stereocenters. The molecule has 1 N–H and O–H groups in total. The summed E-state index contributed by atoms with van der Waals surface area (Å²) in [5.74, 6) is 0.381. The maximum atomic E-state index is 12.7. The van der Waals surface area contributed by atoms with E-state index in [1.54, 1.807) is 19.2 Å². The number of hydrogen-bond acceptors (Lipinski definition) is 4. The quantitative estimate of drug-likeness (QED) is 0.801. The number of pyridine rings is 1. The third kappa shape index (κ3) is 3.70. The summed E-state index contributed by atoms with van der Waals surface area (Å²) in [5, 5.41) is 3.00. The van der Waals surface area contributed by atoms with Crippen LogP contribution in [-0.4, -0.2) is 37.8 Å². The summed E-state index contributed by atoms with van der Waals surface area (Å²) in [6.07, 6.45) is 3.46. The standard InChI is InChI=1S/C14H25N3O2S/c1-5-12(6-2)11-17(7-3)20(18,19)14-13(15-4)9-8-10-16-14/h8-10,12,15H,5-7,11H2,1-4H3. The van der Waals surface area contributed by atoms with E-state index < -0.39 is 10.0 Å². The molecule has 0 aliphatic carbocycles. The summed E-state index contributed by atoms with van der Waals surface area (Å²) in [6.45, 7) is 7.05. The number of nitrogens with zero attached hydrogens (tertiary/aromatic N) is 2. The van der Waals surface area contributed by atoms with E-state index in [0.29, 0.717) is 24.7 Å². The van der Waals surface area contributed by atoms with E-state index >= 15 is 0 Å². The molecule has 5 nitrogen and oxygen atoms in total. The van der Waals surface area contributed by atoms with Gasteiger partial charge in [0.2, 0.25) is 0 Å². The Morgan fingerprint density at radius 1 is 1.30 bits per heavy atom. The van der Waals surface area contributed by atoms with Gasteiger partial charge in [-0.3, -0.25) is 0 Å². The van der Waals surface area contributed by atoms with Crippen LogP contribution in [0.1, 0.15) is 33.6 Å². The fourth-order valence-electron chi connectivity index (χ4n) is 2.14. The van der Waals surface area contributed by atoms with Crippen LogP contribution in [0.3, 0.4) is 0 Å². The fourth-order valence-corrected chi connectivity index (χ4v) is 3.77. The van der Waals surface area contributed by atoms with Crippen molar-refractivity contribution in [1.82, 2.24) is 9.29 Å². The summed E-state index contributed by atoms with van der Waals surface area (Å²) in [7, 11) is -1.85. The summed E-state index contributed by atoms with van der Waals surface area (Å²) >= 11 is 0. The highest BCUT2D eigenvalue weighted by Crippen LogP contribution is 2.23. The van der Waals surface area contributed by atoms with Crippen molar-refractivity contribution in [2.24, 2.45) is 5.92 Å². The van der Waals surface area contributed by atoms with Gasteiger partial charge in [-0.05, 0) is 18.1 Å². The molecular formula is C14H25N3O2S. The largest absolute Gasteiger partial charge is 0.386 e. The zero-order valence-electron chi connectivity index (χ0n) is 12.8. The highest BCUT2D eigenvalue weighted by molar-refractivity contribution is 7.89. The Balaban J connectivity index is 3.12. The van der Waals surface area contributed by atoms with Crippen molar-refractivity contribution >= 4 is 15.7 Å². The first kappa shape index (κ1) is 16.9. The Morgan fingerprint density at radius 3 is 2.45 bits per heavy atom. The molecule has 0 bridgehead atoms. The Morgan fingerprint density at radius 2 is 1.95 bits per heavy atom. The molecule has 0 saturated carbocycles. The predicted octanol–water partition coefficient (Wildman–Crippen LogP) is 2.57. The summed E-state index contributed by atoms with van der Waals surface area (Å²) in [6, 6.07) is 3.45. The fraction of sp³-hybridized carbons (Fsp3) is 0.643. The SMILES string of the molecule is CCC(CC)CN(CC)S(=O)(=O)c1ncccc1NC. The predicted molar refractivity (Wildman–Crippen MR) is 82.3 cm³/mol. The van der Waals surface area contributed by atoms with Crippen molar-refractivity contribution < 1.29 is 8.42 Å². The summed E-state index contributed by atoms with van der Waals surface area (Å²) in [4.78, 5) is 4.06. The van der Waals surface area contributed by atoms with E-state index in [0.717, 1.165) is 12.8 Å². The highest BCUT2D eigenvalue weighted by atomic mass is 32.2. The normalized spacial score (nSPS) is 12.1. The minimum atomic E-state index is -3.55. The maximum Gasteiger partial charge on any atom is 0.262 e. The van der Waals surface area contributed by atoms with Gasteiger partial charge < -0.3 is 5.32 Å². The lowest BCUT2D eigenvalue weighted by molar-refractivity contribution is 0.338. The molecule has 114 valence electrons. The number of hydrogen-bond donors (Lipinski definition) is 1. The van der Waals surface area contributed by atoms with Gasteiger partial charge in [0.1, 0.15) is 0 Å². The van der Waals surface area contributed by atoms with Crippen molar-refractivity contribution in [2.45, 2.75) is 38.6 Å². The molecule has 0 unspecified atom stereocenters. The Bertz CT molecular complexity index is 513. The molecule has 0 aromatic carbocycles. The molecule has 0 fully saturated rings. The zero-order chi connectivity index (χ0) is 15.2. The van der Waals surface area contributed by atoms with E-state index in [1.165, 1.54) is 10.5 Å². The van der Waals surface area contributed by atoms with Gasteiger partial charge in [0.05, 0.1) is 5.69 Å². The first-order valence-corrected chi connectivity index (χ1v) is 8.58. The Labute approximate surface area is 122 Å². The van der Waals surface area contributed by atoms with Crippen molar-refractivity contribution in [3.63, 3.8) is 0 Å². The smallest absolute Gasteiger partial charge is 0.262 e. The van der Waals surface area contributed by atoms with E-state index in [-0.39, 0.29) is 5.03 Å². The molecule has 20 heavy (non-hydrogen) atoms. The lowest BCUT2D eigenvalue weighted by Gasteiger charge is -2.25. The van der Waals surface area contributed by atoms with Crippen molar-refractivity contribution in [2.75, 3.05) is 25.5 Å². The van der Waals surface area contributed by atoms with E-state index in [1.807, 2.05) is 6.92 Å². The van der Waals surface area contributed by atoms with Gasteiger partial charge in [0.15, 0.2) is 5.03 Å². The molecule has 1 rings (SSSR count). The highest BCUT2D eigenvalue weighted by Gasteiger charge is 2.28. The first-order chi connectivity index (χ1) is 9.51. The molecular weight excluding hydrogens is 274 g/mol. The molecule has 0 amide bonds. The van der Waals surface area contributed by atoms with Crippen molar-refractivity contribution in [3.8, 4) is 0 Å². The van der Waals surface area contributed by atoms with E-state index in [9.17, 15) is 8.42 Å². The second-order valence-corrected chi connectivity index (χ2v) is 6.60. The van der Waals surface area contributed by atoms with Gasteiger partial charge in [0.25, 0.3) is 10.0 Å². The average Bonchev–Trinajstić information content (AvgIpc) is 2.48. The number of nitrogens with one attached hydrogen (secondary N) is 1. The monoisotopic (exact) mass is 299 g/mol. The van der Waals surface area contributed by atoms with E-state index in [2.05, 4.69) is 24.1 Å². The van der Waals surface area contributed by atoms with Crippen LogP contribution in [0.15, 0.2) is 23.4 Å². The van der Waals surface area contributed by atoms with Crippen LogP contribution in [0.2, 0.25) is 0 Å². The number of rotatable bonds is 8. The molecule has 0 aliphatic heterocycles. The molecule has 6 heteroatoms. The van der Waals surface area contributed by atoms with Gasteiger partial charge in [-0.15, -0.1) is 0 Å². The number of aromatic nitrogens is 1. The maximum absolute atomic E-state index is 12.7. The van der Waals surface area contributed by atoms with Crippen molar-refractivity contribution in [3.05, 3.63) is 18.3 Å². The second kappa shape index (κ2) is 7.59. The van der Waals surface area contributed by atoms with Crippen LogP contribution in [0.5, 0.6) is 0 Å². The van der Waals surface area contributed by atoms with Gasteiger partial charge in [-0.25, -0.2) is 13.4 Å². The van der Waals surface area contributed by atoms with Crippen LogP contribution in [0.4, 0.5) is 5.69 Å². The summed E-state index contributed by atoms with van der Waals surface area (Å²) < 4.78 is 27.0. The molecule has 0 radical (unpaired) electrons. The lowest BCUT2D eigenvalue weighted by atomic mass is 10.0. The Kier molecular flexibility index (Phi) is 6.42. The molecule has 0 aliphatic rings. The summed E-state index contributed by atoms with van der Waals surface area (Å²) in [5.41, 5.74) is 0.537. The van der Waals surface area contributed by atoms with Gasteiger partial charge >= 0.3 is 0 Å². The topological polar surface area (TPSA) is 62.3 Å². The van der Waals surface area contributed by atoms with Gasteiger partial charge in [-0.2, -0.15) is 4.31 Å². The van der Waals surface area contributed by atoms with Crippen LogP contribution in [0.25, 0.3) is 0 Å². The molecule has 1 aromatic rings. The number of sulfonamides is 1. The zero-order valence-corrected chi connectivity index (χ0v) is 13.6. The third-order valence-electron chi connectivity index (χ3n) is 3.59. The van der Waals surface area contributed by atoms with Crippen molar-refractivity contribution in [1.29, 1.82) is 0 Å². The minimum absolute atomic E-state index is 0.107. The van der Waals surface area contributed by atoms with Gasteiger partial charge in [-0.1, -0.05) is 33.6 Å².